The molecule has 1 fully saturated rings. The van der Waals surface area contributed by atoms with Gasteiger partial charge in [-0.05, 0) is 25.8 Å². The molecule has 0 bridgehead atoms. The smallest absolute Gasteiger partial charge is 0.224 e. The van der Waals surface area contributed by atoms with Gasteiger partial charge in [-0.2, -0.15) is 5.10 Å². The van der Waals surface area contributed by atoms with E-state index < -0.39 is 0 Å². The van der Waals surface area contributed by atoms with E-state index in [1.54, 1.807) is 0 Å². The minimum Gasteiger partial charge on any atom is -0.342 e. The van der Waals surface area contributed by atoms with Crippen LogP contribution in [0.4, 0.5) is 0 Å². The summed E-state index contributed by atoms with van der Waals surface area (Å²) >= 11 is 0. The Labute approximate surface area is 153 Å². The molecular formula is C20H25N5O. The van der Waals surface area contributed by atoms with Crippen molar-refractivity contribution in [1.29, 1.82) is 0 Å². The number of imidazole rings is 1. The Bertz CT molecular complexity index is 925. The molecule has 1 atom stereocenters. The summed E-state index contributed by atoms with van der Waals surface area (Å²) in [5, 5.41) is 5.54. The molecule has 2 aromatic heterocycles. The number of rotatable bonds is 4. The Morgan fingerprint density at radius 2 is 2.15 bits per heavy atom. The molecule has 0 radical (unpaired) electrons. The van der Waals surface area contributed by atoms with E-state index in [2.05, 4.69) is 20.8 Å². The zero-order chi connectivity index (χ0) is 18.1. The maximum Gasteiger partial charge on any atom is 0.224 e. The number of hydrogen-bond acceptors (Lipinski definition) is 3. The maximum atomic E-state index is 12.8. The van der Waals surface area contributed by atoms with E-state index in [1.165, 1.54) is 0 Å². The van der Waals surface area contributed by atoms with E-state index in [1.807, 2.05) is 54.0 Å². The number of piperidine rings is 1. The monoisotopic (exact) mass is 351 g/mol. The minimum atomic E-state index is 0.209. The van der Waals surface area contributed by atoms with Gasteiger partial charge in [-0.25, -0.2) is 4.98 Å². The first kappa shape index (κ1) is 16.8. The summed E-state index contributed by atoms with van der Waals surface area (Å²) in [6, 6.07) is 8.11. The van der Waals surface area contributed by atoms with Crippen molar-refractivity contribution in [1.82, 2.24) is 24.2 Å². The van der Waals surface area contributed by atoms with Crippen molar-refractivity contribution in [3.05, 3.63) is 48.2 Å². The maximum absolute atomic E-state index is 12.8. The summed E-state index contributed by atoms with van der Waals surface area (Å²) in [7, 11) is 2.04. The van der Waals surface area contributed by atoms with Gasteiger partial charge in [0.15, 0.2) is 0 Å². The lowest BCUT2D eigenvalue weighted by Gasteiger charge is -2.32. The lowest BCUT2D eigenvalue weighted by atomic mass is 9.97. The number of aryl methyl sites for hydroxylation is 3. The normalized spacial score (nSPS) is 17.8. The molecule has 1 saturated heterocycles. The summed E-state index contributed by atoms with van der Waals surface area (Å²) in [5.74, 6) is 1.63. The average Bonchev–Trinajstić information content (AvgIpc) is 3.22. The summed E-state index contributed by atoms with van der Waals surface area (Å²) in [5.41, 5.74) is 2.12. The van der Waals surface area contributed by atoms with Gasteiger partial charge in [0.2, 0.25) is 5.91 Å². The largest absolute Gasteiger partial charge is 0.342 e. The second kappa shape index (κ2) is 6.94. The fourth-order valence-electron chi connectivity index (χ4n) is 3.99. The van der Waals surface area contributed by atoms with E-state index in [-0.39, 0.29) is 5.91 Å². The molecule has 6 nitrogen and oxygen atoms in total. The van der Waals surface area contributed by atoms with Crippen LogP contribution < -0.4 is 0 Å². The molecule has 0 spiro atoms. The van der Waals surface area contributed by atoms with Gasteiger partial charge >= 0.3 is 0 Å². The number of nitrogens with zero attached hydrogens (tertiary/aromatic N) is 5. The van der Waals surface area contributed by atoms with E-state index in [4.69, 9.17) is 0 Å². The Kier molecular flexibility index (Phi) is 4.49. The van der Waals surface area contributed by atoms with E-state index in [9.17, 15) is 4.79 Å². The van der Waals surface area contributed by atoms with Crippen molar-refractivity contribution in [3.8, 4) is 0 Å². The van der Waals surface area contributed by atoms with Crippen LogP contribution in [0.5, 0.6) is 0 Å². The number of amides is 1. The zero-order valence-corrected chi connectivity index (χ0v) is 15.4. The third-order valence-electron chi connectivity index (χ3n) is 5.26. The second-order valence-electron chi connectivity index (χ2n) is 7.21. The summed E-state index contributed by atoms with van der Waals surface area (Å²) in [6.07, 6.45) is 6.53. The van der Waals surface area contributed by atoms with Gasteiger partial charge in [-0.15, -0.1) is 0 Å². The quantitative estimate of drug-likeness (QED) is 0.726. The lowest BCUT2D eigenvalue weighted by Crippen LogP contribution is -2.40. The minimum absolute atomic E-state index is 0.209. The van der Waals surface area contributed by atoms with Crippen molar-refractivity contribution < 1.29 is 4.79 Å². The predicted molar refractivity (Wildman–Crippen MR) is 101 cm³/mol. The highest BCUT2D eigenvalue weighted by atomic mass is 16.2. The van der Waals surface area contributed by atoms with Crippen molar-refractivity contribution in [2.24, 2.45) is 7.05 Å². The van der Waals surface area contributed by atoms with E-state index >= 15 is 0 Å². The van der Waals surface area contributed by atoms with Gasteiger partial charge in [0.05, 0.1) is 24.0 Å². The Morgan fingerprint density at radius 3 is 2.96 bits per heavy atom. The van der Waals surface area contributed by atoms with Crippen molar-refractivity contribution in [2.75, 3.05) is 13.1 Å². The van der Waals surface area contributed by atoms with Gasteiger partial charge in [-0.3, -0.25) is 9.48 Å². The van der Waals surface area contributed by atoms with Crippen LogP contribution in [-0.2, 0) is 18.4 Å². The highest BCUT2D eigenvalue weighted by Crippen LogP contribution is 2.26. The second-order valence-corrected chi connectivity index (χ2v) is 7.21. The average molecular weight is 351 g/mol. The molecule has 136 valence electrons. The molecular weight excluding hydrogens is 326 g/mol. The molecule has 0 N–H and O–H groups in total. The molecule has 1 unspecified atom stereocenters. The third-order valence-corrected chi connectivity index (χ3v) is 5.26. The number of benzene rings is 1. The Balaban J connectivity index is 1.40. The van der Waals surface area contributed by atoms with Gasteiger partial charge in [-0.1, -0.05) is 18.2 Å². The van der Waals surface area contributed by atoms with E-state index in [0.29, 0.717) is 18.9 Å². The van der Waals surface area contributed by atoms with Crippen molar-refractivity contribution >= 4 is 16.8 Å². The van der Waals surface area contributed by atoms with Crippen molar-refractivity contribution in [3.63, 3.8) is 0 Å². The third kappa shape index (κ3) is 3.23. The number of aromatic nitrogens is 4. The molecule has 0 aliphatic carbocycles. The first-order chi connectivity index (χ1) is 12.6. The van der Waals surface area contributed by atoms with Gasteiger partial charge < -0.3 is 9.47 Å². The van der Waals surface area contributed by atoms with Gasteiger partial charge in [0, 0.05) is 44.1 Å². The lowest BCUT2D eigenvalue weighted by molar-refractivity contribution is -0.132. The standard InChI is InChI=1S/C20H25N5O/c1-15-13-23(2)20(22-15)17-7-5-10-24(14-17)19(26)9-11-25-18-8-4-3-6-16(18)12-21-25/h3-4,6,8,12-13,17H,5,7,9-11,14H2,1-2H3. The fourth-order valence-corrected chi connectivity index (χ4v) is 3.99. The van der Waals surface area contributed by atoms with Gasteiger partial charge in [0.25, 0.3) is 0 Å². The molecule has 1 aliphatic heterocycles. The SMILES string of the molecule is Cc1cn(C)c(C2CCCN(C(=O)CCn3ncc4ccccc43)C2)n1. The summed E-state index contributed by atoms with van der Waals surface area (Å²) < 4.78 is 4.03. The molecule has 4 rings (SSSR count). The Morgan fingerprint density at radius 1 is 1.31 bits per heavy atom. The summed E-state index contributed by atoms with van der Waals surface area (Å²) in [6.45, 7) is 4.25. The molecule has 3 aromatic rings. The highest BCUT2D eigenvalue weighted by Gasteiger charge is 2.27. The van der Waals surface area contributed by atoms with Crippen LogP contribution in [0.1, 0.15) is 36.7 Å². The van der Waals surface area contributed by atoms with Crippen LogP contribution in [0.2, 0.25) is 0 Å². The zero-order valence-electron chi connectivity index (χ0n) is 15.4. The number of hydrogen-bond donors (Lipinski definition) is 0. The van der Waals surface area contributed by atoms with Crippen LogP contribution in [0.25, 0.3) is 10.9 Å². The fraction of sp³-hybridized carbons (Fsp3) is 0.450. The molecule has 1 amide bonds. The van der Waals surface area contributed by atoms with Crippen LogP contribution in [-0.4, -0.2) is 43.2 Å². The molecule has 3 heterocycles. The van der Waals surface area contributed by atoms with Crippen molar-refractivity contribution in [2.45, 2.75) is 38.6 Å². The molecule has 0 saturated carbocycles. The number of para-hydroxylation sites is 1. The highest BCUT2D eigenvalue weighted by molar-refractivity contribution is 5.79. The molecule has 1 aliphatic rings. The number of fused-ring (bicyclic) bond motifs is 1. The summed E-state index contributed by atoms with van der Waals surface area (Å²) in [4.78, 5) is 19.4. The van der Waals surface area contributed by atoms with Crippen LogP contribution >= 0.6 is 0 Å². The first-order valence-electron chi connectivity index (χ1n) is 9.30. The van der Waals surface area contributed by atoms with Crippen LogP contribution in [0, 0.1) is 6.92 Å². The van der Waals surface area contributed by atoms with E-state index in [0.717, 1.165) is 48.4 Å². The van der Waals surface area contributed by atoms with Crippen LogP contribution in [0.3, 0.4) is 0 Å². The number of carbonyl (C=O) groups is 1. The number of carbonyl (C=O) groups excluding carboxylic acids is 1. The first-order valence-corrected chi connectivity index (χ1v) is 9.30. The molecule has 26 heavy (non-hydrogen) atoms. The van der Waals surface area contributed by atoms with Crippen LogP contribution in [0.15, 0.2) is 36.7 Å². The van der Waals surface area contributed by atoms with Gasteiger partial charge in [0.1, 0.15) is 5.82 Å². The molecule has 6 heteroatoms. The Hall–Kier alpha value is -2.63. The number of likely N-dealkylation sites (tertiary alicyclic amines) is 1. The predicted octanol–water partition coefficient (Wildman–Crippen LogP) is 2.87. The molecule has 1 aromatic carbocycles. The topological polar surface area (TPSA) is 56.0 Å².